The molecule has 0 aliphatic heterocycles. The minimum absolute atomic E-state index is 0.112. The smallest absolute Gasteiger partial charge is 0.307 e. The van der Waals surface area contributed by atoms with E-state index >= 15 is 0 Å². The molecule has 0 heterocycles. The zero-order chi connectivity index (χ0) is 12.8. The van der Waals surface area contributed by atoms with Crippen LogP contribution < -0.4 is 5.32 Å². The lowest BCUT2D eigenvalue weighted by molar-refractivity contribution is -0.136. The lowest BCUT2D eigenvalue weighted by Crippen LogP contribution is -2.21. The largest absolute Gasteiger partial charge is 0.481 e. The number of carbonyl (C=O) groups is 1. The van der Waals surface area contributed by atoms with Gasteiger partial charge in [-0.15, -0.1) is 0 Å². The predicted octanol–water partition coefficient (Wildman–Crippen LogP) is 2.59. The minimum atomic E-state index is -0.767. The number of benzene rings is 1. The molecule has 1 saturated carbocycles. The zero-order valence-electron chi connectivity index (χ0n) is 10.7. The summed E-state index contributed by atoms with van der Waals surface area (Å²) in [5.74, 6) is 0.156. The highest BCUT2D eigenvalue weighted by Gasteiger charge is 2.16. The van der Waals surface area contributed by atoms with Gasteiger partial charge in [-0.1, -0.05) is 43.5 Å². The number of carboxylic acid groups (broad SMARTS) is 1. The van der Waals surface area contributed by atoms with E-state index in [1.807, 2.05) is 24.3 Å². The van der Waals surface area contributed by atoms with Gasteiger partial charge < -0.3 is 10.4 Å². The highest BCUT2D eigenvalue weighted by Crippen LogP contribution is 2.28. The van der Waals surface area contributed by atoms with Crippen LogP contribution >= 0.6 is 0 Å². The molecule has 0 radical (unpaired) electrons. The Morgan fingerprint density at radius 1 is 1.28 bits per heavy atom. The number of aliphatic carboxylic acids is 1. The van der Waals surface area contributed by atoms with Gasteiger partial charge in [0.05, 0.1) is 6.42 Å². The maximum Gasteiger partial charge on any atom is 0.307 e. The van der Waals surface area contributed by atoms with Crippen LogP contribution in [0.25, 0.3) is 0 Å². The van der Waals surface area contributed by atoms with Crippen molar-refractivity contribution in [3.8, 4) is 0 Å². The van der Waals surface area contributed by atoms with Crippen molar-refractivity contribution < 1.29 is 9.90 Å². The van der Waals surface area contributed by atoms with E-state index in [-0.39, 0.29) is 6.42 Å². The van der Waals surface area contributed by atoms with Crippen LogP contribution in [0, 0.1) is 5.92 Å². The third-order valence-corrected chi connectivity index (χ3v) is 3.73. The second-order valence-corrected chi connectivity index (χ2v) is 5.10. The average Bonchev–Trinajstić information content (AvgIpc) is 2.28. The van der Waals surface area contributed by atoms with Crippen LogP contribution in [0.1, 0.15) is 36.8 Å². The molecule has 0 bridgehead atoms. The number of rotatable bonds is 7. The summed E-state index contributed by atoms with van der Waals surface area (Å²) in [5, 5.41) is 12.3. The van der Waals surface area contributed by atoms with Crippen LogP contribution in [-0.2, 0) is 17.8 Å². The predicted molar refractivity (Wildman–Crippen MR) is 71.4 cm³/mol. The number of hydrogen-bond acceptors (Lipinski definition) is 2. The quantitative estimate of drug-likeness (QED) is 0.728. The molecule has 3 nitrogen and oxygen atoms in total. The molecule has 1 aliphatic rings. The van der Waals surface area contributed by atoms with Gasteiger partial charge in [0.25, 0.3) is 0 Å². The van der Waals surface area contributed by atoms with Crippen LogP contribution in [-0.4, -0.2) is 17.6 Å². The summed E-state index contributed by atoms with van der Waals surface area (Å²) >= 11 is 0. The van der Waals surface area contributed by atoms with E-state index in [0.29, 0.717) is 0 Å². The highest BCUT2D eigenvalue weighted by atomic mass is 16.4. The van der Waals surface area contributed by atoms with Crippen LogP contribution in [0.4, 0.5) is 0 Å². The molecule has 0 amide bonds. The van der Waals surface area contributed by atoms with Gasteiger partial charge in [-0.05, 0) is 30.0 Å². The van der Waals surface area contributed by atoms with E-state index in [2.05, 4.69) is 5.32 Å². The standard InChI is InChI=1S/C15H21NO2/c17-15(18)10-13-6-1-2-7-14(13)11-16-9-8-12-4-3-5-12/h1-2,6-7,12,16H,3-5,8-11H2,(H,17,18). The van der Waals surface area contributed by atoms with E-state index in [4.69, 9.17) is 5.11 Å². The Morgan fingerprint density at radius 2 is 2.00 bits per heavy atom. The molecule has 3 heteroatoms. The number of carboxylic acids is 1. The first-order valence-corrected chi connectivity index (χ1v) is 6.75. The SMILES string of the molecule is O=C(O)Cc1ccccc1CNCCC1CCC1. The highest BCUT2D eigenvalue weighted by molar-refractivity contribution is 5.70. The molecule has 18 heavy (non-hydrogen) atoms. The monoisotopic (exact) mass is 247 g/mol. The van der Waals surface area contributed by atoms with Gasteiger partial charge in [-0.3, -0.25) is 4.79 Å². The Labute approximate surface area is 108 Å². The summed E-state index contributed by atoms with van der Waals surface area (Å²) in [6.45, 7) is 1.81. The second-order valence-electron chi connectivity index (χ2n) is 5.10. The normalized spacial score (nSPS) is 15.3. The number of nitrogens with one attached hydrogen (secondary N) is 1. The van der Waals surface area contributed by atoms with E-state index in [1.54, 1.807) is 0 Å². The summed E-state index contributed by atoms with van der Waals surface area (Å²) in [6.07, 6.45) is 5.53. The molecular formula is C15H21NO2. The maximum atomic E-state index is 10.8. The number of hydrogen-bond donors (Lipinski definition) is 2. The molecule has 1 aromatic rings. The molecule has 0 aromatic heterocycles. The Kier molecular flexibility index (Phi) is 4.76. The van der Waals surface area contributed by atoms with Gasteiger partial charge in [0, 0.05) is 6.54 Å². The molecule has 0 unspecified atom stereocenters. The van der Waals surface area contributed by atoms with E-state index in [0.717, 1.165) is 30.1 Å². The fourth-order valence-electron chi connectivity index (χ4n) is 2.38. The maximum absolute atomic E-state index is 10.8. The molecule has 0 saturated heterocycles. The van der Waals surface area contributed by atoms with Crippen molar-refractivity contribution in [2.45, 2.75) is 38.6 Å². The van der Waals surface area contributed by atoms with Crippen LogP contribution in [0.5, 0.6) is 0 Å². The third-order valence-electron chi connectivity index (χ3n) is 3.73. The molecule has 1 fully saturated rings. The van der Waals surface area contributed by atoms with Gasteiger partial charge >= 0.3 is 5.97 Å². The molecule has 0 spiro atoms. The third kappa shape index (κ3) is 3.84. The first kappa shape index (κ1) is 13.1. The van der Waals surface area contributed by atoms with Gasteiger partial charge in [-0.2, -0.15) is 0 Å². The minimum Gasteiger partial charge on any atom is -0.481 e. The Bertz CT molecular complexity index is 399. The fourth-order valence-corrected chi connectivity index (χ4v) is 2.38. The molecular weight excluding hydrogens is 226 g/mol. The van der Waals surface area contributed by atoms with Crippen molar-refractivity contribution in [3.05, 3.63) is 35.4 Å². The van der Waals surface area contributed by atoms with Crippen LogP contribution in [0.2, 0.25) is 0 Å². The molecule has 2 N–H and O–H groups in total. The van der Waals surface area contributed by atoms with Crippen molar-refractivity contribution >= 4 is 5.97 Å². The van der Waals surface area contributed by atoms with E-state index in [1.165, 1.54) is 25.7 Å². The summed E-state index contributed by atoms with van der Waals surface area (Å²) < 4.78 is 0. The Balaban J connectivity index is 1.78. The first-order valence-electron chi connectivity index (χ1n) is 6.75. The molecule has 2 rings (SSSR count). The van der Waals surface area contributed by atoms with Crippen molar-refractivity contribution in [2.24, 2.45) is 5.92 Å². The van der Waals surface area contributed by atoms with Gasteiger partial charge in [0.2, 0.25) is 0 Å². The topological polar surface area (TPSA) is 49.3 Å². The second kappa shape index (κ2) is 6.55. The summed E-state index contributed by atoms with van der Waals surface area (Å²) in [5.41, 5.74) is 2.02. The van der Waals surface area contributed by atoms with Crippen molar-refractivity contribution in [1.82, 2.24) is 5.32 Å². The van der Waals surface area contributed by atoms with Crippen molar-refractivity contribution in [2.75, 3.05) is 6.54 Å². The molecule has 1 aromatic carbocycles. The van der Waals surface area contributed by atoms with Crippen molar-refractivity contribution in [3.63, 3.8) is 0 Å². The molecule has 1 aliphatic carbocycles. The average molecular weight is 247 g/mol. The Morgan fingerprint density at radius 3 is 2.61 bits per heavy atom. The van der Waals surface area contributed by atoms with Crippen molar-refractivity contribution in [1.29, 1.82) is 0 Å². The lowest BCUT2D eigenvalue weighted by atomic mass is 9.83. The summed E-state index contributed by atoms with van der Waals surface area (Å²) in [7, 11) is 0. The molecule has 98 valence electrons. The summed E-state index contributed by atoms with van der Waals surface area (Å²) in [4.78, 5) is 10.8. The lowest BCUT2D eigenvalue weighted by Gasteiger charge is -2.25. The van der Waals surface area contributed by atoms with Gasteiger partial charge in [0.15, 0.2) is 0 Å². The first-order chi connectivity index (χ1) is 8.75. The van der Waals surface area contributed by atoms with Gasteiger partial charge in [0.1, 0.15) is 0 Å². The van der Waals surface area contributed by atoms with Crippen LogP contribution in [0.3, 0.4) is 0 Å². The van der Waals surface area contributed by atoms with E-state index in [9.17, 15) is 4.79 Å². The Hall–Kier alpha value is -1.35. The summed E-state index contributed by atoms with van der Waals surface area (Å²) in [6, 6.07) is 7.77. The fraction of sp³-hybridized carbons (Fsp3) is 0.533. The van der Waals surface area contributed by atoms with Crippen LogP contribution in [0.15, 0.2) is 24.3 Å². The van der Waals surface area contributed by atoms with E-state index < -0.39 is 5.97 Å². The van der Waals surface area contributed by atoms with Gasteiger partial charge in [-0.25, -0.2) is 0 Å². The molecule has 0 atom stereocenters. The zero-order valence-corrected chi connectivity index (χ0v) is 10.7.